The van der Waals surface area contributed by atoms with Crippen molar-refractivity contribution in [2.45, 2.75) is 19.8 Å². The summed E-state index contributed by atoms with van der Waals surface area (Å²) in [6.45, 7) is 2.07. The predicted octanol–water partition coefficient (Wildman–Crippen LogP) is 2.27. The highest BCUT2D eigenvalue weighted by molar-refractivity contribution is 5.18. The van der Waals surface area contributed by atoms with Gasteiger partial charge < -0.3 is 5.11 Å². The Morgan fingerprint density at radius 3 is 2.18 bits per heavy atom. The molecule has 0 unspecified atom stereocenters. The summed E-state index contributed by atoms with van der Waals surface area (Å²) in [5.41, 5.74) is 1.35. The molecule has 1 aliphatic rings. The molecule has 1 aliphatic carbocycles. The van der Waals surface area contributed by atoms with Crippen LogP contribution >= 0.6 is 0 Å². The molecule has 0 heterocycles. The Balaban J connectivity index is 0.000000292. The van der Waals surface area contributed by atoms with Gasteiger partial charge >= 0.3 is 0 Å². The van der Waals surface area contributed by atoms with Crippen LogP contribution < -0.4 is 0 Å². The quantitative estimate of drug-likeness (QED) is 0.420. The Morgan fingerprint density at radius 2 is 1.91 bits per heavy atom. The fourth-order valence-electron chi connectivity index (χ4n) is 0.730. The third-order valence-electron chi connectivity index (χ3n) is 1.34. The lowest BCUT2D eigenvalue weighted by Gasteiger charge is -2.04. The fourth-order valence-corrected chi connectivity index (χ4v) is 0.730. The van der Waals surface area contributed by atoms with Crippen LogP contribution in [0, 0.1) is 0 Å². The van der Waals surface area contributed by atoms with Crippen LogP contribution in [0.4, 0.5) is 0 Å². The number of rotatable bonds is 0. The van der Waals surface area contributed by atoms with Crippen LogP contribution in [-0.2, 0) is 4.89 Å². The van der Waals surface area contributed by atoms with Crippen molar-refractivity contribution in [1.82, 2.24) is 0 Å². The van der Waals surface area contributed by atoms with Crippen molar-refractivity contribution in [3.8, 4) is 0 Å². The zero-order chi connectivity index (χ0) is 8.69. The van der Waals surface area contributed by atoms with Crippen LogP contribution in [0.2, 0.25) is 0 Å². The number of hydrogen-bond donors (Lipinski definition) is 2. The second-order valence-electron chi connectivity index (χ2n) is 2.35. The SMILES string of the molecule is CC1=CC=C(O)CC1.COO. The van der Waals surface area contributed by atoms with Crippen molar-refractivity contribution < 1.29 is 15.3 Å². The van der Waals surface area contributed by atoms with E-state index in [0.717, 1.165) is 12.8 Å². The Labute approximate surface area is 66.5 Å². The van der Waals surface area contributed by atoms with Crippen molar-refractivity contribution in [2.75, 3.05) is 7.11 Å². The van der Waals surface area contributed by atoms with E-state index >= 15 is 0 Å². The lowest BCUT2D eigenvalue weighted by Crippen LogP contribution is -1.88. The summed E-state index contributed by atoms with van der Waals surface area (Å²) < 4.78 is 0. The lowest BCUT2D eigenvalue weighted by molar-refractivity contribution is -0.214. The van der Waals surface area contributed by atoms with Gasteiger partial charge in [-0.15, -0.1) is 0 Å². The van der Waals surface area contributed by atoms with E-state index in [1.54, 1.807) is 6.08 Å². The maximum absolute atomic E-state index is 8.84. The molecule has 64 valence electrons. The molecule has 0 aliphatic heterocycles. The van der Waals surface area contributed by atoms with Gasteiger partial charge in [-0.3, -0.25) is 5.26 Å². The average Bonchev–Trinajstić information content (AvgIpc) is 1.97. The van der Waals surface area contributed by atoms with E-state index in [0.29, 0.717) is 5.76 Å². The monoisotopic (exact) mass is 158 g/mol. The summed E-state index contributed by atoms with van der Waals surface area (Å²) >= 11 is 0. The van der Waals surface area contributed by atoms with Crippen molar-refractivity contribution in [2.24, 2.45) is 0 Å². The molecule has 0 bridgehead atoms. The van der Waals surface area contributed by atoms with E-state index in [1.807, 2.05) is 6.08 Å². The number of aliphatic hydroxyl groups is 1. The summed E-state index contributed by atoms with van der Waals surface area (Å²) in [6, 6.07) is 0. The standard InChI is InChI=1S/C7H10O.CH4O2/c1-6-2-4-7(8)5-3-6;1-3-2/h2,4,8H,3,5H2,1H3;2H,1H3. The molecule has 0 aromatic heterocycles. The second kappa shape index (κ2) is 5.95. The first-order valence-electron chi connectivity index (χ1n) is 3.43. The smallest absolute Gasteiger partial charge is 0.0925 e. The zero-order valence-corrected chi connectivity index (χ0v) is 6.87. The van der Waals surface area contributed by atoms with Gasteiger partial charge in [0.2, 0.25) is 0 Å². The predicted molar refractivity (Wildman–Crippen MR) is 43.3 cm³/mol. The van der Waals surface area contributed by atoms with E-state index in [9.17, 15) is 0 Å². The first-order chi connectivity index (χ1) is 5.20. The molecule has 0 spiro atoms. The van der Waals surface area contributed by atoms with Gasteiger partial charge in [-0.25, -0.2) is 4.89 Å². The Morgan fingerprint density at radius 1 is 1.36 bits per heavy atom. The van der Waals surface area contributed by atoms with Gasteiger partial charge in [0.1, 0.15) is 0 Å². The van der Waals surface area contributed by atoms with Crippen LogP contribution in [0.15, 0.2) is 23.5 Å². The summed E-state index contributed by atoms with van der Waals surface area (Å²) in [7, 11) is 1.18. The van der Waals surface area contributed by atoms with Crippen LogP contribution in [0.25, 0.3) is 0 Å². The molecular weight excluding hydrogens is 144 g/mol. The molecule has 3 heteroatoms. The van der Waals surface area contributed by atoms with Crippen molar-refractivity contribution in [3.05, 3.63) is 23.5 Å². The van der Waals surface area contributed by atoms with Crippen molar-refractivity contribution in [1.29, 1.82) is 0 Å². The Hall–Kier alpha value is -0.800. The van der Waals surface area contributed by atoms with Gasteiger partial charge in [0.05, 0.1) is 12.9 Å². The van der Waals surface area contributed by atoms with Gasteiger partial charge in [-0.05, 0) is 19.4 Å². The van der Waals surface area contributed by atoms with E-state index < -0.39 is 0 Å². The van der Waals surface area contributed by atoms with Gasteiger partial charge in [-0.1, -0.05) is 11.6 Å². The van der Waals surface area contributed by atoms with Gasteiger partial charge in [-0.2, -0.15) is 0 Å². The second-order valence-corrected chi connectivity index (χ2v) is 2.35. The molecule has 0 radical (unpaired) electrons. The van der Waals surface area contributed by atoms with E-state index in [-0.39, 0.29) is 0 Å². The van der Waals surface area contributed by atoms with Gasteiger partial charge in [0.15, 0.2) is 0 Å². The highest BCUT2D eigenvalue weighted by atomic mass is 17.1. The first kappa shape index (κ1) is 10.2. The lowest BCUT2D eigenvalue weighted by atomic mass is 10.1. The van der Waals surface area contributed by atoms with Crippen LogP contribution in [0.5, 0.6) is 0 Å². The molecule has 0 fully saturated rings. The minimum Gasteiger partial charge on any atom is -0.512 e. The zero-order valence-electron chi connectivity index (χ0n) is 6.87. The largest absolute Gasteiger partial charge is 0.512 e. The summed E-state index contributed by atoms with van der Waals surface area (Å²) in [5.74, 6) is 0.510. The molecule has 1 rings (SSSR count). The molecule has 0 saturated heterocycles. The summed E-state index contributed by atoms with van der Waals surface area (Å²) in [6.07, 6.45) is 5.56. The first-order valence-corrected chi connectivity index (χ1v) is 3.43. The minimum atomic E-state index is 0.510. The average molecular weight is 158 g/mol. The molecule has 11 heavy (non-hydrogen) atoms. The molecule has 0 atom stereocenters. The molecule has 0 aromatic carbocycles. The molecule has 2 N–H and O–H groups in total. The van der Waals surface area contributed by atoms with Crippen LogP contribution in [-0.4, -0.2) is 17.5 Å². The normalized spacial score (nSPS) is 15.9. The number of hydrogen-bond acceptors (Lipinski definition) is 3. The molecule has 0 saturated carbocycles. The number of allylic oxidation sites excluding steroid dienone is 4. The highest BCUT2D eigenvalue weighted by Gasteiger charge is 1.98. The Kier molecular flexibility index (Phi) is 5.51. The van der Waals surface area contributed by atoms with E-state index in [4.69, 9.17) is 10.4 Å². The third-order valence-corrected chi connectivity index (χ3v) is 1.34. The Bertz CT molecular complexity index is 141. The van der Waals surface area contributed by atoms with E-state index in [1.165, 1.54) is 12.7 Å². The molecule has 0 amide bonds. The molecular formula is C8H14O3. The molecule has 3 nitrogen and oxygen atoms in total. The van der Waals surface area contributed by atoms with Gasteiger partial charge in [0.25, 0.3) is 0 Å². The maximum Gasteiger partial charge on any atom is 0.0925 e. The number of aliphatic hydroxyl groups excluding tert-OH is 1. The van der Waals surface area contributed by atoms with Crippen molar-refractivity contribution >= 4 is 0 Å². The van der Waals surface area contributed by atoms with Gasteiger partial charge in [0, 0.05) is 6.42 Å². The van der Waals surface area contributed by atoms with Crippen molar-refractivity contribution in [3.63, 3.8) is 0 Å². The third kappa shape index (κ3) is 5.63. The highest BCUT2D eigenvalue weighted by Crippen LogP contribution is 2.14. The summed E-state index contributed by atoms with van der Waals surface area (Å²) in [5, 5.41) is 15.9. The van der Waals surface area contributed by atoms with E-state index in [2.05, 4.69) is 11.8 Å². The topological polar surface area (TPSA) is 49.7 Å². The fraction of sp³-hybridized carbons (Fsp3) is 0.500. The minimum absolute atomic E-state index is 0.510. The van der Waals surface area contributed by atoms with Crippen LogP contribution in [0.1, 0.15) is 19.8 Å². The maximum atomic E-state index is 8.84. The molecule has 0 aromatic rings. The summed E-state index contributed by atoms with van der Waals surface area (Å²) in [4.78, 5) is 3.25. The van der Waals surface area contributed by atoms with Crippen LogP contribution in [0.3, 0.4) is 0 Å².